The summed E-state index contributed by atoms with van der Waals surface area (Å²) in [6, 6.07) is 0.489. The first-order chi connectivity index (χ1) is 14.9. The molecule has 0 aliphatic carbocycles. The summed E-state index contributed by atoms with van der Waals surface area (Å²) in [7, 11) is 0. The number of fused-ring (bicyclic) bond motifs is 5. The molecule has 1 amide bonds. The number of amides is 1. The van der Waals surface area contributed by atoms with E-state index in [1.807, 2.05) is 0 Å². The SMILES string of the molecule is Nc1cc(C(F)(F)F)c2nc1-c1nnc(o1)C(C(CCO)C(F)(F)F)CCCCNC2=O. The zero-order valence-corrected chi connectivity index (χ0v) is 16.4. The Morgan fingerprint density at radius 1 is 1.19 bits per heavy atom. The van der Waals surface area contributed by atoms with Crippen LogP contribution < -0.4 is 11.1 Å². The highest BCUT2D eigenvalue weighted by Gasteiger charge is 2.46. The smallest absolute Gasteiger partial charge is 0.418 e. The van der Waals surface area contributed by atoms with Crippen LogP contribution in [-0.4, -0.2) is 45.5 Å². The summed E-state index contributed by atoms with van der Waals surface area (Å²) in [5.41, 5.74) is 2.33. The quantitative estimate of drug-likeness (QED) is 0.591. The normalized spacial score (nSPS) is 18.8. The first-order valence-corrected chi connectivity index (χ1v) is 9.60. The highest BCUT2D eigenvalue weighted by molar-refractivity contribution is 5.95. The number of halogens is 6. The number of alkyl halides is 6. The van der Waals surface area contributed by atoms with E-state index in [1.165, 1.54) is 0 Å². The molecular formula is C18H19F6N5O3. The molecule has 0 radical (unpaired) electrons. The van der Waals surface area contributed by atoms with Crippen LogP contribution in [-0.2, 0) is 6.18 Å². The topological polar surface area (TPSA) is 127 Å². The number of carbonyl (C=O) groups is 1. The number of nitrogens with one attached hydrogen (secondary N) is 1. The highest BCUT2D eigenvalue weighted by Crippen LogP contribution is 2.43. The number of nitrogen functional groups attached to an aromatic ring is 1. The highest BCUT2D eigenvalue weighted by atomic mass is 19.4. The molecule has 2 aromatic heterocycles. The van der Waals surface area contributed by atoms with Crippen LogP contribution in [0, 0.1) is 5.92 Å². The molecule has 176 valence electrons. The summed E-state index contributed by atoms with van der Waals surface area (Å²) < 4.78 is 86.4. The molecule has 8 nitrogen and oxygen atoms in total. The van der Waals surface area contributed by atoms with E-state index in [2.05, 4.69) is 20.5 Å². The van der Waals surface area contributed by atoms with Gasteiger partial charge >= 0.3 is 12.4 Å². The summed E-state index contributed by atoms with van der Waals surface area (Å²) in [6.45, 7) is -0.816. The first kappa shape index (κ1) is 23.8. The molecule has 1 aliphatic heterocycles. The van der Waals surface area contributed by atoms with Crippen LogP contribution in [0.1, 0.15) is 53.5 Å². The predicted octanol–water partition coefficient (Wildman–Crippen LogP) is 3.29. The summed E-state index contributed by atoms with van der Waals surface area (Å²) >= 11 is 0. The lowest BCUT2D eigenvalue weighted by molar-refractivity contribution is -0.187. The van der Waals surface area contributed by atoms with Crippen LogP contribution in [0.15, 0.2) is 10.5 Å². The van der Waals surface area contributed by atoms with E-state index in [4.69, 9.17) is 15.3 Å². The van der Waals surface area contributed by atoms with Gasteiger partial charge in [0, 0.05) is 19.1 Å². The van der Waals surface area contributed by atoms with Gasteiger partial charge in [-0.3, -0.25) is 4.79 Å². The van der Waals surface area contributed by atoms with Gasteiger partial charge < -0.3 is 20.6 Å². The Hall–Kier alpha value is -2.90. The van der Waals surface area contributed by atoms with Gasteiger partial charge in [0.05, 0.1) is 17.2 Å². The molecule has 2 aromatic rings. The van der Waals surface area contributed by atoms with Crippen molar-refractivity contribution in [3.8, 4) is 11.6 Å². The van der Waals surface area contributed by atoms with E-state index in [-0.39, 0.29) is 25.8 Å². The Bertz CT molecular complexity index is 975. The van der Waals surface area contributed by atoms with Gasteiger partial charge in [0.15, 0.2) is 5.69 Å². The van der Waals surface area contributed by atoms with Crippen molar-refractivity contribution < 1.29 is 40.7 Å². The summed E-state index contributed by atoms with van der Waals surface area (Å²) in [6.07, 6.45) is -9.95. The Labute approximate surface area is 177 Å². The minimum absolute atomic E-state index is 0.0734. The van der Waals surface area contributed by atoms with Gasteiger partial charge in [-0.1, -0.05) is 6.42 Å². The molecule has 1 aliphatic rings. The molecule has 0 spiro atoms. The van der Waals surface area contributed by atoms with Crippen LogP contribution >= 0.6 is 0 Å². The van der Waals surface area contributed by atoms with Crippen molar-refractivity contribution in [2.24, 2.45) is 5.92 Å². The average molecular weight is 467 g/mol. The Morgan fingerprint density at radius 2 is 1.91 bits per heavy atom. The van der Waals surface area contributed by atoms with Crippen molar-refractivity contribution >= 4 is 11.6 Å². The number of aliphatic hydroxyl groups is 1. The zero-order chi connectivity index (χ0) is 23.7. The van der Waals surface area contributed by atoms with Crippen molar-refractivity contribution in [2.45, 2.75) is 44.0 Å². The monoisotopic (exact) mass is 467 g/mol. The third-order valence-corrected chi connectivity index (χ3v) is 5.11. The molecule has 0 saturated carbocycles. The summed E-state index contributed by atoms with van der Waals surface area (Å²) in [5, 5.41) is 18.7. The van der Waals surface area contributed by atoms with Crippen molar-refractivity contribution in [1.29, 1.82) is 0 Å². The van der Waals surface area contributed by atoms with Crippen LogP contribution in [0.3, 0.4) is 0 Å². The molecule has 3 heterocycles. The zero-order valence-electron chi connectivity index (χ0n) is 16.4. The Balaban J connectivity index is 2.14. The maximum Gasteiger partial charge on any atom is 0.418 e. The second-order valence-electron chi connectivity index (χ2n) is 7.28. The standard InChI is InChI=1S/C18H19F6N5O3/c19-17(20,21)9(4-6-30)8-3-1-2-5-26-14(31)12-10(18(22,23)24)7-11(25)13(27-12)16-29-28-15(8)32-16/h7-9,30H,1-6,25H2,(H,26,31). The van der Waals surface area contributed by atoms with Crippen LogP contribution in [0.25, 0.3) is 11.6 Å². The molecule has 4 N–H and O–H groups in total. The van der Waals surface area contributed by atoms with Gasteiger partial charge in [-0.05, 0) is 25.3 Å². The maximum absolute atomic E-state index is 13.6. The second-order valence-corrected chi connectivity index (χ2v) is 7.28. The van der Waals surface area contributed by atoms with Gasteiger partial charge in [-0.2, -0.15) is 26.3 Å². The number of hydrogen-bond donors (Lipinski definition) is 3. The molecule has 0 saturated heterocycles. The van der Waals surface area contributed by atoms with E-state index in [0.717, 1.165) is 0 Å². The van der Waals surface area contributed by atoms with Crippen LogP contribution in [0.4, 0.5) is 32.0 Å². The number of rotatable bonds is 3. The minimum atomic E-state index is -4.93. The molecule has 4 bridgehead atoms. The molecule has 14 heteroatoms. The number of aromatic nitrogens is 3. The van der Waals surface area contributed by atoms with Gasteiger partial charge in [0.1, 0.15) is 5.69 Å². The van der Waals surface area contributed by atoms with Gasteiger partial charge in [-0.25, -0.2) is 4.98 Å². The lowest BCUT2D eigenvalue weighted by atomic mass is 9.85. The van der Waals surface area contributed by atoms with Crippen LogP contribution in [0.5, 0.6) is 0 Å². The fourth-order valence-corrected chi connectivity index (χ4v) is 3.57. The number of carbonyl (C=O) groups excluding carboxylic acids is 1. The lowest BCUT2D eigenvalue weighted by Gasteiger charge is -2.26. The third-order valence-electron chi connectivity index (χ3n) is 5.11. The van der Waals surface area contributed by atoms with E-state index < -0.39 is 77.5 Å². The molecular weight excluding hydrogens is 448 g/mol. The summed E-state index contributed by atoms with van der Waals surface area (Å²) in [5.74, 6) is -5.35. The molecule has 2 atom stereocenters. The van der Waals surface area contributed by atoms with Crippen molar-refractivity contribution in [3.05, 3.63) is 23.2 Å². The van der Waals surface area contributed by atoms with E-state index in [9.17, 15) is 31.1 Å². The fourth-order valence-electron chi connectivity index (χ4n) is 3.57. The number of nitrogens with two attached hydrogens (primary N) is 1. The van der Waals surface area contributed by atoms with Gasteiger partial charge in [-0.15, -0.1) is 10.2 Å². The van der Waals surface area contributed by atoms with E-state index >= 15 is 0 Å². The Morgan fingerprint density at radius 3 is 2.53 bits per heavy atom. The predicted molar refractivity (Wildman–Crippen MR) is 97.1 cm³/mol. The largest absolute Gasteiger partial charge is 0.419 e. The average Bonchev–Trinajstić information content (AvgIpc) is 3.16. The fraction of sp³-hybridized carbons (Fsp3) is 0.556. The van der Waals surface area contributed by atoms with Crippen molar-refractivity contribution in [2.75, 3.05) is 18.9 Å². The third kappa shape index (κ3) is 4.95. The molecule has 0 aromatic carbocycles. The first-order valence-electron chi connectivity index (χ1n) is 9.60. The number of hydrogen-bond acceptors (Lipinski definition) is 7. The summed E-state index contributed by atoms with van der Waals surface area (Å²) in [4.78, 5) is 16.0. The maximum atomic E-state index is 13.6. The number of anilines is 1. The number of pyridine rings is 1. The lowest BCUT2D eigenvalue weighted by Crippen LogP contribution is -2.31. The van der Waals surface area contributed by atoms with E-state index in [1.54, 1.807) is 0 Å². The molecule has 3 rings (SSSR count). The molecule has 2 unspecified atom stereocenters. The number of aliphatic hydroxyl groups excluding tert-OH is 1. The number of nitrogens with zero attached hydrogens (tertiary/aromatic N) is 3. The van der Waals surface area contributed by atoms with Crippen LogP contribution in [0.2, 0.25) is 0 Å². The molecule has 0 fully saturated rings. The van der Waals surface area contributed by atoms with Crippen molar-refractivity contribution in [3.63, 3.8) is 0 Å². The van der Waals surface area contributed by atoms with Gasteiger partial charge in [0.2, 0.25) is 5.89 Å². The molecule has 32 heavy (non-hydrogen) atoms. The van der Waals surface area contributed by atoms with Crippen molar-refractivity contribution in [1.82, 2.24) is 20.5 Å². The van der Waals surface area contributed by atoms with E-state index in [0.29, 0.717) is 6.07 Å². The second kappa shape index (κ2) is 8.92. The van der Waals surface area contributed by atoms with Gasteiger partial charge in [0.25, 0.3) is 11.8 Å². The Kier molecular flexibility index (Phi) is 6.62. The minimum Gasteiger partial charge on any atom is -0.419 e.